The van der Waals surface area contributed by atoms with Crippen LogP contribution in [0.15, 0.2) is 53.2 Å². The van der Waals surface area contributed by atoms with Crippen molar-refractivity contribution < 1.29 is 14.0 Å². The molecular weight excluding hydrogens is 404 g/mol. The Morgan fingerprint density at radius 3 is 2.62 bits per heavy atom. The lowest BCUT2D eigenvalue weighted by molar-refractivity contribution is -0.132. The van der Waals surface area contributed by atoms with Gasteiger partial charge in [-0.25, -0.2) is 4.98 Å². The Morgan fingerprint density at radius 1 is 1.09 bits per heavy atom. The SMILES string of the molecule is Cc1oc(-c2ccccc2NC(=O)c2cccnc2)nc1CNC(=O)C1(C)CCCCC1. The van der Waals surface area contributed by atoms with Gasteiger partial charge in [0.2, 0.25) is 11.8 Å². The van der Waals surface area contributed by atoms with E-state index in [1.54, 1.807) is 24.4 Å². The van der Waals surface area contributed by atoms with Gasteiger partial charge in [-0.05, 0) is 44.0 Å². The normalized spacial score (nSPS) is 15.2. The number of para-hydroxylation sites is 1. The number of rotatable bonds is 6. The fourth-order valence-corrected chi connectivity index (χ4v) is 4.11. The van der Waals surface area contributed by atoms with Gasteiger partial charge in [-0.2, -0.15) is 0 Å². The van der Waals surface area contributed by atoms with E-state index in [0.29, 0.717) is 40.7 Å². The number of nitrogens with one attached hydrogen (secondary N) is 2. The van der Waals surface area contributed by atoms with E-state index in [1.165, 1.54) is 12.6 Å². The highest BCUT2D eigenvalue weighted by atomic mass is 16.4. The summed E-state index contributed by atoms with van der Waals surface area (Å²) in [6.07, 6.45) is 8.37. The lowest BCUT2D eigenvalue weighted by atomic mass is 9.75. The third kappa shape index (κ3) is 4.72. The Morgan fingerprint density at radius 2 is 1.88 bits per heavy atom. The number of hydrogen-bond acceptors (Lipinski definition) is 5. The first-order valence-electron chi connectivity index (χ1n) is 11.0. The van der Waals surface area contributed by atoms with Gasteiger partial charge in [0.1, 0.15) is 11.5 Å². The number of amides is 2. The summed E-state index contributed by atoms with van der Waals surface area (Å²) in [7, 11) is 0. The van der Waals surface area contributed by atoms with E-state index in [9.17, 15) is 9.59 Å². The number of anilines is 1. The number of carbonyl (C=O) groups is 2. The van der Waals surface area contributed by atoms with Gasteiger partial charge in [-0.3, -0.25) is 14.6 Å². The summed E-state index contributed by atoms with van der Waals surface area (Å²) in [5, 5.41) is 5.95. The van der Waals surface area contributed by atoms with Crippen LogP contribution < -0.4 is 10.6 Å². The average molecular weight is 433 g/mol. The van der Waals surface area contributed by atoms with E-state index in [-0.39, 0.29) is 17.2 Å². The molecule has 0 saturated heterocycles. The molecule has 7 nitrogen and oxygen atoms in total. The first-order chi connectivity index (χ1) is 15.5. The largest absolute Gasteiger partial charge is 0.441 e. The first kappa shape index (κ1) is 21.7. The highest BCUT2D eigenvalue weighted by Crippen LogP contribution is 2.36. The van der Waals surface area contributed by atoms with Crippen molar-refractivity contribution in [2.75, 3.05) is 5.32 Å². The molecule has 3 aromatic rings. The van der Waals surface area contributed by atoms with E-state index >= 15 is 0 Å². The summed E-state index contributed by atoms with van der Waals surface area (Å²) in [5.74, 6) is 0.854. The predicted octanol–water partition coefficient (Wildman–Crippen LogP) is 4.88. The number of hydrogen-bond donors (Lipinski definition) is 2. The molecule has 0 unspecified atom stereocenters. The van der Waals surface area contributed by atoms with Crippen LogP contribution in [0.25, 0.3) is 11.5 Å². The molecular formula is C25H28N4O3. The third-order valence-electron chi connectivity index (χ3n) is 6.14. The molecule has 1 fully saturated rings. The molecule has 2 heterocycles. The Kier molecular flexibility index (Phi) is 6.35. The van der Waals surface area contributed by atoms with Crippen LogP contribution in [0.2, 0.25) is 0 Å². The van der Waals surface area contributed by atoms with Crippen molar-refractivity contribution >= 4 is 17.5 Å². The molecule has 1 aliphatic rings. The number of aryl methyl sites for hydroxylation is 1. The van der Waals surface area contributed by atoms with Gasteiger partial charge in [-0.1, -0.05) is 38.3 Å². The van der Waals surface area contributed by atoms with Crippen LogP contribution >= 0.6 is 0 Å². The molecule has 32 heavy (non-hydrogen) atoms. The smallest absolute Gasteiger partial charge is 0.257 e. The Hall–Kier alpha value is -3.48. The molecule has 0 spiro atoms. The lowest BCUT2D eigenvalue weighted by Crippen LogP contribution is -2.40. The summed E-state index contributed by atoms with van der Waals surface area (Å²) < 4.78 is 5.91. The Labute approximate surface area is 187 Å². The maximum Gasteiger partial charge on any atom is 0.257 e. The van der Waals surface area contributed by atoms with Gasteiger partial charge in [-0.15, -0.1) is 0 Å². The number of pyridine rings is 1. The minimum absolute atomic E-state index is 0.0743. The molecule has 0 atom stereocenters. The van der Waals surface area contributed by atoms with E-state index in [1.807, 2.05) is 32.0 Å². The zero-order valence-electron chi connectivity index (χ0n) is 18.5. The molecule has 2 amide bonds. The minimum atomic E-state index is -0.304. The lowest BCUT2D eigenvalue weighted by Gasteiger charge is -2.31. The topological polar surface area (TPSA) is 97.1 Å². The minimum Gasteiger partial charge on any atom is -0.441 e. The van der Waals surface area contributed by atoms with Crippen molar-refractivity contribution in [3.63, 3.8) is 0 Å². The zero-order valence-corrected chi connectivity index (χ0v) is 18.5. The number of oxazole rings is 1. The van der Waals surface area contributed by atoms with E-state index in [2.05, 4.69) is 20.6 Å². The zero-order chi connectivity index (χ0) is 22.6. The monoisotopic (exact) mass is 432 g/mol. The van der Waals surface area contributed by atoms with E-state index < -0.39 is 0 Å². The van der Waals surface area contributed by atoms with Gasteiger partial charge in [0.05, 0.1) is 23.4 Å². The third-order valence-corrected chi connectivity index (χ3v) is 6.14. The summed E-state index contributed by atoms with van der Waals surface area (Å²) in [6.45, 7) is 4.19. The maximum atomic E-state index is 12.8. The van der Waals surface area contributed by atoms with Gasteiger partial charge >= 0.3 is 0 Å². The standard InChI is InChI=1S/C25H28N4O3/c1-17-21(16-27-24(31)25(2)12-6-3-7-13-25)29-23(32-17)19-10-4-5-11-20(19)28-22(30)18-9-8-14-26-15-18/h4-5,8-11,14-15H,3,6-7,12-13,16H2,1-2H3,(H,27,31)(H,28,30). The van der Waals surface area contributed by atoms with Crippen molar-refractivity contribution in [3.05, 3.63) is 65.8 Å². The Bertz CT molecular complexity index is 1100. The Balaban J connectivity index is 1.49. The van der Waals surface area contributed by atoms with Crippen LogP contribution in [-0.2, 0) is 11.3 Å². The van der Waals surface area contributed by atoms with Crippen LogP contribution in [0.4, 0.5) is 5.69 Å². The summed E-state index contributed by atoms with van der Waals surface area (Å²) in [6, 6.07) is 10.8. The van der Waals surface area contributed by atoms with Gasteiger partial charge in [0, 0.05) is 17.8 Å². The summed E-state index contributed by atoms with van der Waals surface area (Å²) >= 11 is 0. The molecule has 0 aliphatic heterocycles. The fourth-order valence-electron chi connectivity index (χ4n) is 4.11. The molecule has 4 rings (SSSR count). The van der Waals surface area contributed by atoms with Crippen LogP contribution in [0.1, 0.15) is 60.8 Å². The van der Waals surface area contributed by atoms with Crippen LogP contribution in [0.5, 0.6) is 0 Å². The van der Waals surface area contributed by atoms with Crippen molar-refractivity contribution in [2.24, 2.45) is 5.41 Å². The van der Waals surface area contributed by atoms with Crippen LogP contribution in [-0.4, -0.2) is 21.8 Å². The maximum absolute atomic E-state index is 12.8. The van der Waals surface area contributed by atoms with E-state index in [0.717, 1.165) is 25.7 Å². The van der Waals surface area contributed by atoms with Crippen molar-refractivity contribution in [1.82, 2.24) is 15.3 Å². The number of nitrogens with zero attached hydrogens (tertiary/aromatic N) is 2. The van der Waals surface area contributed by atoms with Crippen molar-refractivity contribution in [1.29, 1.82) is 0 Å². The van der Waals surface area contributed by atoms with Gasteiger partial charge < -0.3 is 15.1 Å². The second-order valence-corrected chi connectivity index (χ2v) is 8.57. The van der Waals surface area contributed by atoms with Gasteiger partial charge in [0.25, 0.3) is 5.91 Å². The molecule has 166 valence electrons. The second-order valence-electron chi connectivity index (χ2n) is 8.57. The molecule has 1 aromatic carbocycles. The molecule has 2 N–H and O–H groups in total. The quantitative estimate of drug-likeness (QED) is 0.578. The number of benzene rings is 1. The fraction of sp³-hybridized carbons (Fsp3) is 0.360. The number of aromatic nitrogens is 2. The van der Waals surface area contributed by atoms with Crippen molar-refractivity contribution in [3.8, 4) is 11.5 Å². The van der Waals surface area contributed by atoms with Crippen LogP contribution in [0, 0.1) is 12.3 Å². The summed E-state index contributed by atoms with van der Waals surface area (Å²) in [4.78, 5) is 34.0. The highest BCUT2D eigenvalue weighted by molar-refractivity contribution is 6.05. The van der Waals surface area contributed by atoms with E-state index in [4.69, 9.17) is 4.42 Å². The molecule has 0 bridgehead atoms. The first-order valence-corrected chi connectivity index (χ1v) is 11.0. The van der Waals surface area contributed by atoms with Crippen LogP contribution in [0.3, 0.4) is 0 Å². The molecule has 1 aliphatic carbocycles. The molecule has 1 saturated carbocycles. The average Bonchev–Trinajstić information content (AvgIpc) is 3.19. The molecule has 0 radical (unpaired) electrons. The predicted molar refractivity (Wildman–Crippen MR) is 122 cm³/mol. The molecule has 2 aromatic heterocycles. The molecule has 7 heteroatoms. The second kappa shape index (κ2) is 9.34. The summed E-state index contributed by atoms with van der Waals surface area (Å²) in [5.41, 5.74) is 2.10. The van der Waals surface area contributed by atoms with Crippen molar-refractivity contribution in [2.45, 2.75) is 52.5 Å². The highest BCUT2D eigenvalue weighted by Gasteiger charge is 2.34. The van der Waals surface area contributed by atoms with Gasteiger partial charge in [0.15, 0.2) is 0 Å². The number of carbonyl (C=O) groups excluding carboxylic acids is 2.